The number of rotatable bonds is 2. The second-order valence-electron chi connectivity index (χ2n) is 2.00. The molecule has 0 fully saturated rings. The summed E-state index contributed by atoms with van der Waals surface area (Å²) < 4.78 is 0. The summed E-state index contributed by atoms with van der Waals surface area (Å²) in [5.74, 6) is -0.326. The average molecular weight is 136 g/mol. The lowest BCUT2D eigenvalue weighted by Crippen LogP contribution is -2.13. The van der Waals surface area contributed by atoms with Gasteiger partial charge in [-0.1, -0.05) is 6.07 Å². The molecule has 1 rings (SSSR count). The first kappa shape index (κ1) is 6.74. The summed E-state index contributed by atoms with van der Waals surface area (Å²) in [6.45, 7) is 0. The molecule has 1 aromatic rings. The highest BCUT2D eigenvalue weighted by molar-refractivity contribution is 5.76. The first-order chi connectivity index (χ1) is 4.79. The van der Waals surface area contributed by atoms with Crippen LogP contribution in [0.1, 0.15) is 5.56 Å². The van der Waals surface area contributed by atoms with Crippen molar-refractivity contribution in [1.82, 2.24) is 4.98 Å². The summed E-state index contributed by atoms with van der Waals surface area (Å²) in [5, 5.41) is 0. The van der Waals surface area contributed by atoms with Crippen LogP contribution in [0.5, 0.6) is 0 Å². The quantitative estimate of drug-likeness (QED) is 0.627. The number of aromatic nitrogens is 1. The van der Waals surface area contributed by atoms with E-state index < -0.39 is 0 Å². The number of nitrogens with zero attached hydrogens (tertiary/aromatic N) is 1. The molecule has 1 amide bonds. The lowest BCUT2D eigenvalue weighted by molar-refractivity contribution is -0.117. The molecule has 0 bridgehead atoms. The highest BCUT2D eigenvalue weighted by atomic mass is 16.1. The Labute approximate surface area is 58.9 Å². The number of hydrogen-bond donors (Lipinski definition) is 1. The first-order valence-corrected chi connectivity index (χ1v) is 2.96. The van der Waals surface area contributed by atoms with Crippen LogP contribution in [0.3, 0.4) is 0 Å². The maximum absolute atomic E-state index is 10.4. The van der Waals surface area contributed by atoms with Gasteiger partial charge in [0.25, 0.3) is 0 Å². The monoisotopic (exact) mass is 136 g/mol. The van der Waals surface area contributed by atoms with E-state index in [-0.39, 0.29) is 12.3 Å². The predicted octanol–water partition coefficient (Wildman–Crippen LogP) is 0.109. The zero-order valence-electron chi connectivity index (χ0n) is 5.45. The van der Waals surface area contributed by atoms with Gasteiger partial charge < -0.3 is 5.73 Å². The molecular weight excluding hydrogens is 128 g/mol. The summed E-state index contributed by atoms with van der Waals surface area (Å²) in [5.41, 5.74) is 5.81. The van der Waals surface area contributed by atoms with Crippen molar-refractivity contribution in [3.63, 3.8) is 0 Å². The van der Waals surface area contributed by atoms with Crippen LogP contribution < -0.4 is 5.73 Å². The summed E-state index contributed by atoms with van der Waals surface area (Å²) in [7, 11) is 0. The van der Waals surface area contributed by atoms with E-state index in [9.17, 15) is 4.79 Å². The van der Waals surface area contributed by atoms with Crippen molar-refractivity contribution >= 4 is 5.91 Å². The molecule has 0 aliphatic heterocycles. The van der Waals surface area contributed by atoms with Crippen molar-refractivity contribution < 1.29 is 4.79 Å². The molecule has 0 atom stereocenters. The molecule has 0 aromatic carbocycles. The second kappa shape index (κ2) is 2.96. The van der Waals surface area contributed by atoms with E-state index in [2.05, 4.69) is 4.98 Å². The van der Waals surface area contributed by atoms with E-state index in [0.29, 0.717) is 0 Å². The van der Waals surface area contributed by atoms with E-state index in [1.54, 1.807) is 18.5 Å². The van der Waals surface area contributed by atoms with Gasteiger partial charge in [0.15, 0.2) is 0 Å². The SMILES string of the molecule is NC(=O)Cc1cccnc1. The van der Waals surface area contributed by atoms with Crippen LogP contribution in [0.15, 0.2) is 24.5 Å². The maximum Gasteiger partial charge on any atom is 0.221 e. The zero-order valence-corrected chi connectivity index (χ0v) is 5.45. The van der Waals surface area contributed by atoms with Crippen LogP contribution in [0.2, 0.25) is 0 Å². The second-order valence-corrected chi connectivity index (χ2v) is 2.00. The fourth-order valence-corrected chi connectivity index (χ4v) is 0.704. The van der Waals surface area contributed by atoms with Crippen molar-refractivity contribution in [2.75, 3.05) is 0 Å². The van der Waals surface area contributed by atoms with Gasteiger partial charge in [-0.25, -0.2) is 0 Å². The van der Waals surface area contributed by atoms with Gasteiger partial charge in [-0.3, -0.25) is 9.78 Å². The Morgan fingerprint density at radius 3 is 3.00 bits per heavy atom. The lowest BCUT2D eigenvalue weighted by Gasteiger charge is -1.92. The normalized spacial score (nSPS) is 9.20. The molecule has 0 saturated carbocycles. The van der Waals surface area contributed by atoms with Crippen LogP contribution in [-0.2, 0) is 11.2 Å². The van der Waals surface area contributed by atoms with Gasteiger partial charge in [0.2, 0.25) is 5.91 Å². The Morgan fingerprint density at radius 1 is 1.70 bits per heavy atom. The Kier molecular flexibility index (Phi) is 1.99. The third-order valence-electron chi connectivity index (χ3n) is 1.10. The highest BCUT2D eigenvalue weighted by Crippen LogP contribution is 1.94. The minimum atomic E-state index is -0.326. The van der Waals surface area contributed by atoms with Crippen LogP contribution in [0.25, 0.3) is 0 Å². The van der Waals surface area contributed by atoms with Crippen molar-refractivity contribution in [2.24, 2.45) is 5.73 Å². The number of primary amides is 1. The molecule has 0 unspecified atom stereocenters. The van der Waals surface area contributed by atoms with Crippen LogP contribution in [0.4, 0.5) is 0 Å². The summed E-state index contributed by atoms with van der Waals surface area (Å²) in [4.78, 5) is 14.2. The van der Waals surface area contributed by atoms with E-state index in [1.807, 2.05) is 6.07 Å². The molecule has 1 aromatic heterocycles. The molecule has 52 valence electrons. The standard InChI is InChI=1S/C7H8N2O/c8-7(10)4-6-2-1-3-9-5-6/h1-3,5H,4H2,(H2,8,10). The van der Waals surface area contributed by atoms with Crippen molar-refractivity contribution in [3.8, 4) is 0 Å². The topological polar surface area (TPSA) is 56.0 Å². The maximum atomic E-state index is 10.4. The third-order valence-corrected chi connectivity index (χ3v) is 1.10. The van der Waals surface area contributed by atoms with Crippen molar-refractivity contribution in [1.29, 1.82) is 0 Å². The minimum Gasteiger partial charge on any atom is -0.369 e. The molecule has 0 saturated heterocycles. The average Bonchev–Trinajstić information content (AvgIpc) is 1.88. The van der Waals surface area contributed by atoms with Crippen molar-refractivity contribution in [2.45, 2.75) is 6.42 Å². The molecule has 3 heteroatoms. The van der Waals surface area contributed by atoms with Crippen LogP contribution >= 0.6 is 0 Å². The Bertz CT molecular complexity index is 220. The summed E-state index contributed by atoms with van der Waals surface area (Å²) in [6, 6.07) is 3.59. The van der Waals surface area contributed by atoms with E-state index in [1.165, 1.54) is 0 Å². The molecular formula is C7H8N2O. The first-order valence-electron chi connectivity index (χ1n) is 2.96. The number of carbonyl (C=O) groups excluding carboxylic acids is 1. The number of amides is 1. The van der Waals surface area contributed by atoms with E-state index >= 15 is 0 Å². The Balaban J connectivity index is 2.67. The van der Waals surface area contributed by atoms with Gasteiger partial charge >= 0.3 is 0 Å². The van der Waals surface area contributed by atoms with Gasteiger partial charge in [0.05, 0.1) is 6.42 Å². The van der Waals surface area contributed by atoms with E-state index in [0.717, 1.165) is 5.56 Å². The molecule has 0 aliphatic carbocycles. The van der Waals surface area contributed by atoms with Gasteiger partial charge in [0.1, 0.15) is 0 Å². The third kappa shape index (κ3) is 1.85. The molecule has 2 N–H and O–H groups in total. The Hall–Kier alpha value is -1.38. The largest absolute Gasteiger partial charge is 0.369 e. The van der Waals surface area contributed by atoms with Gasteiger partial charge in [-0.15, -0.1) is 0 Å². The number of nitrogens with two attached hydrogens (primary N) is 1. The molecule has 10 heavy (non-hydrogen) atoms. The van der Waals surface area contributed by atoms with Gasteiger partial charge in [0, 0.05) is 12.4 Å². The Morgan fingerprint density at radius 2 is 2.50 bits per heavy atom. The minimum absolute atomic E-state index is 0.272. The molecule has 1 heterocycles. The number of pyridine rings is 1. The van der Waals surface area contributed by atoms with Gasteiger partial charge in [-0.2, -0.15) is 0 Å². The molecule has 0 radical (unpaired) electrons. The fraction of sp³-hybridized carbons (Fsp3) is 0.143. The smallest absolute Gasteiger partial charge is 0.221 e. The molecule has 0 aliphatic rings. The number of carbonyl (C=O) groups is 1. The summed E-state index contributed by atoms with van der Waals surface area (Å²) >= 11 is 0. The number of hydrogen-bond acceptors (Lipinski definition) is 2. The molecule has 0 spiro atoms. The fourth-order valence-electron chi connectivity index (χ4n) is 0.704. The van der Waals surface area contributed by atoms with Crippen LogP contribution in [-0.4, -0.2) is 10.9 Å². The van der Waals surface area contributed by atoms with Gasteiger partial charge in [-0.05, 0) is 11.6 Å². The van der Waals surface area contributed by atoms with Crippen molar-refractivity contribution in [3.05, 3.63) is 30.1 Å². The predicted molar refractivity (Wildman–Crippen MR) is 37.1 cm³/mol. The van der Waals surface area contributed by atoms with Crippen LogP contribution in [0, 0.1) is 0 Å². The highest BCUT2D eigenvalue weighted by Gasteiger charge is 1.95. The van der Waals surface area contributed by atoms with E-state index in [4.69, 9.17) is 5.73 Å². The summed E-state index contributed by atoms with van der Waals surface area (Å²) in [6.07, 6.45) is 3.56. The lowest BCUT2D eigenvalue weighted by atomic mass is 10.2. The zero-order chi connectivity index (χ0) is 7.40. The molecule has 3 nitrogen and oxygen atoms in total.